The molecule has 0 aliphatic heterocycles. The molecule has 26 heavy (non-hydrogen) atoms. The van der Waals surface area contributed by atoms with Gasteiger partial charge in [-0.3, -0.25) is 9.79 Å². The zero-order valence-electron chi connectivity index (χ0n) is 16.8. The molecular weight excluding hydrogens is 459 g/mol. The van der Waals surface area contributed by atoms with E-state index in [9.17, 15) is 4.79 Å². The Hall–Kier alpha value is -0.960. The minimum atomic E-state index is 0. The molecule has 0 aromatic heterocycles. The number of hydrogen-bond acceptors (Lipinski definition) is 3. The average molecular weight is 492 g/mol. The number of nitrogens with zero attached hydrogens (tertiary/aromatic N) is 2. The van der Waals surface area contributed by atoms with E-state index in [0.29, 0.717) is 0 Å². The summed E-state index contributed by atoms with van der Waals surface area (Å²) >= 11 is 1.82. The van der Waals surface area contributed by atoms with Crippen molar-refractivity contribution >= 4 is 47.6 Å². The summed E-state index contributed by atoms with van der Waals surface area (Å²) in [6.45, 7) is 8.81. The van der Waals surface area contributed by atoms with Crippen molar-refractivity contribution in [3.8, 4) is 0 Å². The first-order chi connectivity index (χ1) is 11.8. The van der Waals surface area contributed by atoms with E-state index >= 15 is 0 Å². The fourth-order valence-corrected chi connectivity index (χ4v) is 2.31. The van der Waals surface area contributed by atoms with Crippen molar-refractivity contribution in [2.75, 3.05) is 40.0 Å². The highest BCUT2D eigenvalue weighted by molar-refractivity contribution is 14.0. The van der Waals surface area contributed by atoms with Gasteiger partial charge >= 0.3 is 0 Å². The summed E-state index contributed by atoms with van der Waals surface area (Å²) in [5.74, 6) is 0.870. The molecule has 0 spiro atoms. The minimum Gasteiger partial charge on any atom is -0.357 e. The molecule has 0 unspecified atom stereocenters. The van der Waals surface area contributed by atoms with Crippen LogP contribution in [0, 0.1) is 0 Å². The molecule has 1 rings (SSSR count). The van der Waals surface area contributed by atoms with E-state index in [2.05, 4.69) is 48.7 Å². The Bertz CT molecular complexity index is 591. The van der Waals surface area contributed by atoms with Crippen LogP contribution in [0.2, 0.25) is 0 Å². The van der Waals surface area contributed by atoms with Crippen LogP contribution in [0.25, 0.3) is 0 Å². The fourth-order valence-electron chi connectivity index (χ4n) is 2.12. The normalized spacial score (nSPS) is 11.5. The molecule has 0 atom stereocenters. The van der Waals surface area contributed by atoms with Crippen LogP contribution in [-0.2, 0) is 6.42 Å². The van der Waals surface area contributed by atoms with E-state index in [4.69, 9.17) is 0 Å². The zero-order valence-corrected chi connectivity index (χ0v) is 19.9. The van der Waals surface area contributed by atoms with Crippen molar-refractivity contribution in [3.05, 3.63) is 35.4 Å². The predicted octanol–water partition coefficient (Wildman–Crippen LogP) is 3.25. The summed E-state index contributed by atoms with van der Waals surface area (Å²) in [7, 11) is 3.54. The molecule has 0 saturated carbocycles. The van der Waals surface area contributed by atoms with Crippen LogP contribution in [0.1, 0.15) is 36.7 Å². The molecule has 0 fully saturated rings. The standard InChI is InChI=1S/C19H32N4OS.HI/c1-7-20-18(22-14-19(2,3)25-6)21-12-11-15-9-8-10-16(13-15)17(24)23(4)5;/h8-10,13H,7,11-12,14H2,1-6H3,(H2,20,21,22);1H. The molecule has 0 aliphatic carbocycles. The zero-order chi connectivity index (χ0) is 18.9. The van der Waals surface area contributed by atoms with Crippen LogP contribution in [0.4, 0.5) is 0 Å². The van der Waals surface area contributed by atoms with Gasteiger partial charge in [0.1, 0.15) is 0 Å². The van der Waals surface area contributed by atoms with Gasteiger partial charge in [-0.15, -0.1) is 24.0 Å². The quantitative estimate of drug-likeness (QED) is 0.333. The lowest BCUT2D eigenvalue weighted by Gasteiger charge is -2.20. The van der Waals surface area contributed by atoms with Crippen LogP contribution in [-0.4, -0.2) is 61.5 Å². The Morgan fingerprint density at radius 3 is 2.54 bits per heavy atom. The second kappa shape index (κ2) is 12.4. The first-order valence-corrected chi connectivity index (χ1v) is 9.89. The van der Waals surface area contributed by atoms with E-state index in [-0.39, 0.29) is 34.6 Å². The Balaban J connectivity index is 0.00000625. The van der Waals surface area contributed by atoms with Crippen LogP contribution >= 0.6 is 35.7 Å². The van der Waals surface area contributed by atoms with Crippen molar-refractivity contribution in [2.24, 2.45) is 4.99 Å². The van der Waals surface area contributed by atoms with Crippen LogP contribution in [0.15, 0.2) is 29.3 Å². The number of carbonyl (C=O) groups is 1. The lowest BCUT2D eigenvalue weighted by atomic mass is 10.1. The average Bonchev–Trinajstić information content (AvgIpc) is 2.59. The number of nitrogens with one attached hydrogen (secondary N) is 2. The lowest BCUT2D eigenvalue weighted by Crippen LogP contribution is -2.39. The van der Waals surface area contributed by atoms with Gasteiger partial charge in [-0.05, 0) is 51.1 Å². The summed E-state index contributed by atoms with van der Waals surface area (Å²) in [5.41, 5.74) is 1.87. The molecule has 0 heterocycles. The summed E-state index contributed by atoms with van der Waals surface area (Å²) in [5, 5.41) is 6.65. The molecular formula is C19H33IN4OS. The molecule has 1 aromatic rings. The van der Waals surface area contributed by atoms with Gasteiger partial charge in [-0.2, -0.15) is 11.8 Å². The molecule has 148 valence electrons. The first-order valence-electron chi connectivity index (χ1n) is 8.67. The van der Waals surface area contributed by atoms with Gasteiger partial charge in [0.2, 0.25) is 0 Å². The summed E-state index contributed by atoms with van der Waals surface area (Å²) in [6.07, 6.45) is 2.95. The summed E-state index contributed by atoms with van der Waals surface area (Å²) < 4.78 is 0.128. The summed E-state index contributed by atoms with van der Waals surface area (Å²) in [6, 6.07) is 7.81. The third kappa shape index (κ3) is 9.12. The van der Waals surface area contributed by atoms with Gasteiger partial charge in [-0.1, -0.05) is 12.1 Å². The third-order valence-electron chi connectivity index (χ3n) is 3.80. The van der Waals surface area contributed by atoms with Crippen molar-refractivity contribution < 1.29 is 4.79 Å². The maximum absolute atomic E-state index is 12.1. The lowest BCUT2D eigenvalue weighted by molar-refractivity contribution is 0.0827. The maximum Gasteiger partial charge on any atom is 0.253 e. The SMILES string of the molecule is CCNC(=NCC(C)(C)SC)NCCc1cccc(C(=O)N(C)C)c1.I. The third-order valence-corrected chi connectivity index (χ3v) is 5.04. The molecule has 5 nitrogen and oxygen atoms in total. The Morgan fingerprint density at radius 2 is 1.96 bits per heavy atom. The molecule has 7 heteroatoms. The maximum atomic E-state index is 12.1. The number of thioether (sulfide) groups is 1. The van der Waals surface area contributed by atoms with Gasteiger partial charge in [0.05, 0.1) is 6.54 Å². The Kier molecular flexibility index (Phi) is 12.0. The number of halogens is 1. The highest BCUT2D eigenvalue weighted by Gasteiger charge is 2.15. The Morgan fingerprint density at radius 1 is 1.27 bits per heavy atom. The number of amides is 1. The number of guanidine groups is 1. The van der Waals surface area contributed by atoms with Gasteiger partial charge in [0, 0.05) is 37.5 Å². The van der Waals surface area contributed by atoms with Gasteiger partial charge in [0.15, 0.2) is 5.96 Å². The van der Waals surface area contributed by atoms with Gasteiger partial charge in [0.25, 0.3) is 5.91 Å². The van der Waals surface area contributed by atoms with Crippen molar-refractivity contribution in [2.45, 2.75) is 31.9 Å². The number of benzene rings is 1. The molecule has 1 aromatic carbocycles. The monoisotopic (exact) mass is 492 g/mol. The number of hydrogen-bond donors (Lipinski definition) is 2. The van der Waals surface area contributed by atoms with Crippen molar-refractivity contribution in [3.63, 3.8) is 0 Å². The Labute approximate surface area is 179 Å². The van der Waals surface area contributed by atoms with E-state index in [1.54, 1.807) is 19.0 Å². The smallest absolute Gasteiger partial charge is 0.253 e. The highest BCUT2D eigenvalue weighted by Crippen LogP contribution is 2.20. The second-order valence-corrected chi connectivity index (χ2v) is 8.25. The minimum absolute atomic E-state index is 0. The first kappa shape index (κ1) is 25.0. The van der Waals surface area contributed by atoms with Gasteiger partial charge in [-0.25, -0.2) is 0 Å². The van der Waals surface area contributed by atoms with E-state index in [0.717, 1.165) is 43.1 Å². The van der Waals surface area contributed by atoms with E-state index in [1.807, 2.05) is 30.0 Å². The molecule has 0 radical (unpaired) electrons. The predicted molar refractivity (Wildman–Crippen MR) is 125 cm³/mol. The van der Waals surface area contributed by atoms with Crippen molar-refractivity contribution in [1.82, 2.24) is 15.5 Å². The molecule has 0 bridgehead atoms. The number of aliphatic imine (C=N–C) groups is 1. The van der Waals surface area contributed by atoms with Gasteiger partial charge < -0.3 is 15.5 Å². The van der Waals surface area contributed by atoms with Crippen molar-refractivity contribution in [1.29, 1.82) is 0 Å². The largest absolute Gasteiger partial charge is 0.357 e. The second-order valence-electron chi connectivity index (χ2n) is 6.74. The summed E-state index contributed by atoms with van der Waals surface area (Å²) in [4.78, 5) is 18.3. The molecule has 0 saturated heterocycles. The van der Waals surface area contributed by atoms with Crippen LogP contribution in [0.3, 0.4) is 0 Å². The number of rotatable bonds is 8. The van der Waals surface area contributed by atoms with Crippen LogP contribution < -0.4 is 10.6 Å². The molecule has 2 N–H and O–H groups in total. The van der Waals surface area contributed by atoms with E-state index in [1.165, 1.54) is 0 Å². The highest BCUT2D eigenvalue weighted by atomic mass is 127. The number of carbonyl (C=O) groups excluding carboxylic acids is 1. The topological polar surface area (TPSA) is 56.7 Å². The van der Waals surface area contributed by atoms with E-state index < -0.39 is 0 Å². The molecule has 1 amide bonds. The molecule has 0 aliphatic rings. The fraction of sp³-hybridized carbons (Fsp3) is 0.579. The van der Waals surface area contributed by atoms with Crippen LogP contribution in [0.5, 0.6) is 0 Å².